The Morgan fingerprint density at radius 3 is 2.86 bits per heavy atom. The van der Waals surface area contributed by atoms with E-state index in [1.54, 1.807) is 0 Å². The zero-order chi connectivity index (χ0) is 10.3. The van der Waals surface area contributed by atoms with Crippen LogP contribution < -0.4 is 0 Å². The largest absolute Gasteiger partial charge is 0.363 e. The molecule has 1 atom stereocenters. The number of hydrogen-bond acceptors (Lipinski definition) is 3. The van der Waals surface area contributed by atoms with E-state index >= 15 is 0 Å². The summed E-state index contributed by atoms with van der Waals surface area (Å²) < 4.78 is 0. The van der Waals surface area contributed by atoms with Gasteiger partial charge in [-0.2, -0.15) is 0 Å². The first kappa shape index (κ1) is 9.21. The molecule has 0 saturated carbocycles. The van der Waals surface area contributed by atoms with Crippen LogP contribution in [-0.4, -0.2) is 45.7 Å². The second-order valence-corrected chi connectivity index (χ2v) is 3.56. The Bertz CT molecular complexity index is 315. The monoisotopic (exact) mass is 196 g/mol. The van der Waals surface area contributed by atoms with Crippen LogP contribution >= 0.6 is 0 Å². The molecule has 0 aromatic heterocycles. The van der Waals surface area contributed by atoms with Gasteiger partial charge in [0.15, 0.2) is 0 Å². The standard InChI is InChI=1S/C9H12N2O3/c1-2-5-10-7(12)9(14)4-3-6-11(9)8(10)13/h2,14H,1,3-6H2/t9-/m0/s1. The normalized spacial score (nSPS) is 31.2. The van der Waals surface area contributed by atoms with Crippen LogP contribution in [0.4, 0.5) is 4.79 Å². The number of hydrogen-bond donors (Lipinski definition) is 1. The quantitative estimate of drug-likeness (QED) is 0.496. The van der Waals surface area contributed by atoms with Crippen LogP contribution in [0.5, 0.6) is 0 Å². The minimum absolute atomic E-state index is 0.163. The number of carbonyl (C=O) groups is 2. The van der Waals surface area contributed by atoms with Crippen LogP contribution in [0.2, 0.25) is 0 Å². The van der Waals surface area contributed by atoms with Crippen LogP contribution in [-0.2, 0) is 4.79 Å². The molecular weight excluding hydrogens is 184 g/mol. The Hall–Kier alpha value is -1.36. The lowest BCUT2D eigenvalue weighted by atomic mass is 10.1. The third kappa shape index (κ3) is 0.928. The summed E-state index contributed by atoms with van der Waals surface area (Å²) in [7, 11) is 0. The molecule has 5 heteroatoms. The van der Waals surface area contributed by atoms with E-state index in [1.165, 1.54) is 11.0 Å². The Labute approximate surface area is 81.6 Å². The third-order valence-corrected chi connectivity index (χ3v) is 2.71. The molecule has 0 unspecified atom stereocenters. The number of fused-ring (bicyclic) bond motifs is 1. The van der Waals surface area contributed by atoms with Crippen molar-refractivity contribution in [2.45, 2.75) is 18.6 Å². The maximum absolute atomic E-state index is 11.7. The third-order valence-electron chi connectivity index (χ3n) is 2.71. The Balaban J connectivity index is 2.32. The molecule has 2 saturated heterocycles. The Morgan fingerprint density at radius 1 is 1.57 bits per heavy atom. The molecule has 0 spiro atoms. The van der Waals surface area contributed by atoms with Crippen molar-refractivity contribution in [1.82, 2.24) is 9.80 Å². The van der Waals surface area contributed by atoms with E-state index in [1.807, 2.05) is 0 Å². The first-order valence-corrected chi connectivity index (χ1v) is 4.58. The topological polar surface area (TPSA) is 60.9 Å². The lowest BCUT2D eigenvalue weighted by molar-refractivity contribution is -0.149. The first-order chi connectivity index (χ1) is 6.61. The van der Waals surface area contributed by atoms with Crippen molar-refractivity contribution in [3.05, 3.63) is 12.7 Å². The van der Waals surface area contributed by atoms with Gasteiger partial charge in [0.05, 0.1) is 0 Å². The average Bonchev–Trinajstić information content (AvgIpc) is 2.61. The van der Waals surface area contributed by atoms with E-state index in [9.17, 15) is 14.7 Å². The predicted molar refractivity (Wildman–Crippen MR) is 48.2 cm³/mol. The fraction of sp³-hybridized carbons (Fsp3) is 0.556. The van der Waals surface area contributed by atoms with Gasteiger partial charge >= 0.3 is 6.03 Å². The van der Waals surface area contributed by atoms with Gasteiger partial charge < -0.3 is 5.11 Å². The summed E-state index contributed by atoms with van der Waals surface area (Å²) in [5.41, 5.74) is -1.57. The van der Waals surface area contributed by atoms with Crippen molar-refractivity contribution >= 4 is 11.9 Å². The molecule has 3 amide bonds. The molecule has 0 aliphatic carbocycles. The molecule has 76 valence electrons. The molecule has 14 heavy (non-hydrogen) atoms. The number of imide groups is 1. The zero-order valence-corrected chi connectivity index (χ0v) is 7.77. The molecule has 0 bridgehead atoms. The predicted octanol–water partition coefficient (Wildman–Crippen LogP) is -0.0810. The van der Waals surface area contributed by atoms with E-state index in [0.717, 1.165) is 4.90 Å². The first-order valence-electron chi connectivity index (χ1n) is 4.58. The summed E-state index contributed by atoms with van der Waals surface area (Å²) in [6.07, 6.45) is 2.49. The molecule has 0 radical (unpaired) electrons. The van der Waals surface area contributed by atoms with Gasteiger partial charge in [0.2, 0.25) is 5.72 Å². The minimum atomic E-state index is -1.57. The highest BCUT2D eigenvalue weighted by Gasteiger charge is 2.58. The summed E-state index contributed by atoms with van der Waals surface area (Å²) in [4.78, 5) is 25.6. The van der Waals surface area contributed by atoms with Gasteiger partial charge in [0, 0.05) is 19.5 Å². The summed E-state index contributed by atoms with van der Waals surface area (Å²) in [6.45, 7) is 4.08. The highest BCUT2D eigenvalue weighted by Crippen LogP contribution is 2.35. The maximum atomic E-state index is 11.7. The zero-order valence-electron chi connectivity index (χ0n) is 7.77. The molecule has 1 N–H and O–H groups in total. The molecule has 5 nitrogen and oxygen atoms in total. The summed E-state index contributed by atoms with van der Waals surface area (Å²) >= 11 is 0. The van der Waals surface area contributed by atoms with Gasteiger partial charge in [0.1, 0.15) is 0 Å². The van der Waals surface area contributed by atoms with Crippen LogP contribution in [0.15, 0.2) is 12.7 Å². The van der Waals surface area contributed by atoms with E-state index in [0.29, 0.717) is 19.4 Å². The van der Waals surface area contributed by atoms with E-state index in [-0.39, 0.29) is 6.54 Å². The molecule has 2 heterocycles. The molecule has 2 rings (SSSR count). The SMILES string of the molecule is C=CCN1C(=O)N2CCC[C@]2(O)C1=O. The van der Waals surface area contributed by atoms with Gasteiger partial charge in [-0.25, -0.2) is 4.79 Å². The number of rotatable bonds is 2. The van der Waals surface area contributed by atoms with Crippen molar-refractivity contribution in [3.8, 4) is 0 Å². The number of urea groups is 1. The maximum Gasteiger partial charge on any atom is 0.329 e. The summed E-state index contributed by atoms with van der Waals surface area (Å²) in [6, 6.07) is -0.407. The molecule has 0 aromatic rings. The second kappa shape index (κ2) is 2.81. The number of carbonyl (C=O) groups excluding carboxylic acids is 2. The summed E-state index contributed by atoms with van der Waals surface area (Å²) in [5, 5.41) is 9.95. The van der Waals surface area contributed by atoms with Crippen LogP contribution in [0.1, 0.15) is 12.8 Å². The summed E-state index contributed by atoms with van der Waals surface area (Å²) in [5.74, 6) is -0.514. The number of aliphatic hydroxyl groups is 1. The highest BCUT2D eigenvalue weighted by atomic mass is 16.3. The Kier molecular flexibility index (Phi) is 1.85. The van der Waals surface area contributed by atoms with Gasteiger partial charge in [-0.3, -0.25) is 14.6 Å². The molecule has 2 aliphatic heterocycles. The average molecular weight is 196 g/mol. The van der Waals surface area contributed by atoms with Crippen LogP contribution in [0.25, 0.3) is 0 Å². The lowest BCUT2D eigenvalue weighted by Crippen LogP contribution is -2.44. The van der Waals surface area contributed by atoms with Crippen molar-refractivity contribution in [2.75, 3.05) is 13.1 Å². The number of nitrogens with zero attached hydrogens (tertiary/aromatic N) is 2. The second-order valence-electron chi connectivity index (χ2n) is 3.56. The van der Waals surface area contributed by atoms with Crippen LogP contribution in [0, 0.1) is 0 Å². The van der Waals surface area contributed by atoms with E-state index in [2.05, 4.69) is 6.58 Å². The molecule has 2 fully saturated rings. The lowest BCUT2D eigenvalue weighted by Gasteiger charge is -2.20. The van der Waals surface area contributed by atoms with E-state index in [4.69, 9.17) is 0 Å². The van der Waals surface area contributed by atoms with Gasteiger partial charge in [0.25, 0.3) is 5.91 Å². The minimum Gasteiger partial charge on any atom is -0.363 e. The highest BCUT2D eigenvalue weighted by molar-refractivity contribution is 6.06. The fourth-order valence-corrected chi connectivity index (χ4v) is 2.02. The van der Waals surface area contributed by atoms with Gasteiger partial charge in [-0.05, 0) is 6.42 Å². The van der Waals surface area contributed by atoms with Crippen molar-refractivity contribution in [1.29, 1.82) is 0 Å². The van der Waals surface area contributed by atoms with Crippen molar-refractivity contribution in [3.63, 3.8) is 0 Å². The molecule has 0 aromatic carbocycles. The van der Waals surface area contributed by atoms with Gasteiger partial charge in [-0.15, -0.1) is 6.58 Å². The van der Waals surface area contributed by atoms with Gasteiger partial charge in [-0.1, -0.05) is 6.08 Å². The Morgan fingerprint density at radius 2 is 2.29 bits per heavy atom. The molecule has 2 aliphatic rings. The fourth-order valence-electron chi connectivity index (χ4n) is 2.02. The van der Waals surface area contributed by atoms with Crippen molar-refractivity contribution < 1.29 is 14.7 Å². The van der Waals surface area contributed by atoms with Crippen LogP contribution in [0.3, 0.4) is 0 Å². The van der Waals surface area contributed by atoms with Crippen molar-refractivity contribution in [2.24, 2.45) is 0 Å². The smallest absolute Gasteiger partial charge is 0.329 e. The molecular formula is C9H12N2O3. The number of amides is 3. The van der Waals surface area contributed by atoms with E-state index < -0.39 is 17.7 Å².